The molecular weight excluding hydrogens is 426 g/mol. The highest BCUT2D eigenvalue weighted by atomic mass is 19.1. The predicted molar refractivity (Wildman–Crippen MR) is 134 cm³/mol. The molecule has 2 aromatic rings. The molecule has 0 radical (unpaired) electrons. The van der Waals surface area contributed by atoms with Crippen molar-refractivity contribution in [2.75, 3.05) is 17.2 Å². The first-order valence-corrected chi connectivity index (χ1v) is 10.8. The Morgan fingerprint density at radius 2 is 1.70 bits per heavy atom. The van der Waals surface area contributed by atoms with Gasteiger partial charge in [0.05, 0.1) is 11.3 Å². The predicted octanol–water partition coefficient (Wildman–Crippen LogP) is 7.01. The normalized spacial score (nSPS) is 10.9. The molecular formula is C25H34F2N4O2. The number of urea groups is 1. The van der Waals surface area contributed by atoms with Gasteiger partial charge in [0.2, 0.25) is 0 Å². The molecule has 0 fully saturated rings. The van der Waals surface area contributed by atoms with E-state index < -0.39 is 17.5 Å². The molecule has 0 atom stereocenters. The molecule has 0 unspecified atom stereocenters. The second kappa shape index (κ2) is 13.2. The number of hydrogen-bond acceptors (Lipinski definition) is 4. The van der Waals surface area contributed by atoms with Crippen molar-refractivity contribution < 1.29 is 18.7 Å². The summed E-state index contributed by atoms with van der Waals surface area (Å²) in [6, 6.07) is 8.60. The van der Waals surface area contributed by atoms with Crippen molar-refractivity contribution in [2.45, 2.75) is 53.1 Å². The molecule has 0 saturated heterocycles. The molecule has 2 amide bonds. The van der Waals surface area contributed by atoms with Crippen LogP contribution in [0.2, 0.25) is 0 Å². The molecule has 0 aliphatic heterocycles. The van der Waals surface area contributed by atoms with Crippen molar-refractivity contribution in [3.63, 3.8) is 0 Å². The van der Waals surface area contributed by atoms with Crippen LogP contribution in [-0.4, -0.2) is 29.6 Å². The van der Waals surface area contributed by atoms with Crippen LogP contribution in [0.15, 0.2) is 48.0 Å². The number of alkyl halides is 1. The molecule has 0 spiro atoms. The Labute approximate surface area is 194 Å². The Kier molecular flexibility index (Phi) is 11.0. The highest BCUT2D eigenvalue weighted by molar-refractivity contribution is 5.90. The minimum atomic E-state index is -1.34. The van der Waals surface area contributed by atoms with Gasteiger partial charge in [-0.1, -0.05) is 26.8 Å². The Morgan fingerprint density at radius 3 is 2.21 bits per heavy atom. The number of amides is 2. The summed E-state index contributed by atoms with van der Waals surface area (Å²) in [5, 5.41) is 17.8. The molecule has 0 aliphatic carbocycles. The zero-order valence-corrected chi connectivity index (χ0v) is 19.9. The number of nitrogens with zero attached hydrogens (tertiary/aromatic N) is 1. The standard InChI is InChI=1S/C22H26F2N4O2.C3H8/c1-5-25-19-13-17(29)12-18(23)20(19)14(2)27-15-6-8-16(9-7-15)28-21(30)26-11-10-22(3,4)24;1-3-2/h5-9,12-13,27,29H,2,10-11H2,1,3-4H3,(H2,26,28,30);3H2,1-2H3. The number of phenols is 1. The van der Waals surface area contributed by atoms with Gasteiger partial charge in [0, 0.05) is 42.0 Å². The number of nitrogens with one attached hydrogen (secondary N) is 3. The molecule has 33 heavy (non-hydrogen) atoms. The number of carbonyl (C=O) groups is 1. The summed E-state index contributed by atoms with van der Waals surface area (Å²) in [5.74, 6) is -0.882. The molecule has 8 heteroatoms. The topological polar surface area (TPSA) is 85.8 Å². The number of anilines is 2. The molecule has 2 aromatic carbocycles. The lowest BCUT2D eigenvalue weighted by atomic mass is 10.1. The van der Waals surface area contributed by atoms with Crippen LogP contribution in [0.4, 0.5) is 30.6 Å². The SMILES string of the molecule is C=C(Nc1ccc(NC(=O)NCCC(C)(C)F)cc1)c1c(F)cc(O)cc1N=CC.CCC. The summed E-state index contributed by atoms with van der Waals surface area (Å²) >= 11 is 0. The smallest absolute Gasteiger partial charge is 0.319 e. The van der Waals surface area contributed by atoms with Gasteiger partial charge in [0.1, 0.15) is 17.2 Å². The third kappa shape index (κ3) is 10.2. The van der Waals surface area contributed by atoms with Crippen molar-refractivity contribution in [1.82, 2.24) is 5.32 Å². The van der Waals surface area contributed by atoms with Crippen molar-refractivity contribution in [1.29, 1.82) is 0 Å². The number of halogens is 2. The van der Waals surface area contributed by atoms with E-state index >= 15 is 0 Å². The summed E-state index contributed by atoms with van der Waals surface area (Å²) in [7, 11) is 0. The monoisotopic (exact) mass is 460 g/mol. The Morgan fingerprint density at radius 1 is 1.15 bits per heavy atom. The highest BCUT2D eigenvalue weighted by Gasteiger charge is 2.16. The lowest BCUT2D eigenvalue weighted by molar-refractivity contribution is 0.200. The minimum Gasteiger partial charge on any atom is -0.508 e. The van der Waals surface area contributed by atoms with Crippen LogP contribution in [0.1, 0.15) is 53.0 Å². The molecule has 0 bridgehead atoms. The second-order valence-electron chi connectivity index (χ2n) is 7.95. The van der Waals surface area contributed by atoms with Crippen LogP contribution in [0.5, 0.6) is 5.75 Å². The van der Waals surface area contributed by atoms with E-state index in [-0.39, 0.29) is 35.7 Å². The first-order chi connectivity index (χ1) is 15.5. The van der Waals surface area contributed by atoms with Crippen LogP contribution in [0.25, 0.3) is 5.70 Å². The first-order valence-electron chi connectivity index (χ1n) is 10.8. The first kappa shape index (κ1) is 27.6. The minimum absolute atomic E-state index is 0.142. The quantitative estimate of drug-likeness (QED) is 0.320. The molecule has 0 aromatic heterocycles. The van der Waals surface area contributed by atoms with Gasteiger partial charge in [-0.15, -0.1) is 0 Å². The fourth-order valence-electron chi connectivity index (χ4n) is 2.64. The van der Waals surface area contributed by atoms with E-state index in [1.807, 2.05) is 0 Å². The summed E-state index contributed by atoms with van der Waals surface area (Å²) in [4.78, 5) is 15.9. The zero-order valence-electron chi connectivity index (χ0n) is 19.9. The maximum Gasteiger partial charge on any atom is 0.319 e. The van der Waals surface area contributed by atoms with Gasteiger partial charge < -0.3 is 21.1 Å². The summed E-state index contributed by atoms with van der Waals surface area (Å²) in [6.45, 7) is 12.9. The lowest BCUT2D eigenvalue weighted by Crippen LogP contribution is -2.32. The third-order valence-electron chi connectivity index (χ3n) is 4.07. The summed E-state index contributed by atoms with van der Waals surface area (Å²) in [5.41, 5.74) is 0.462. The molecule has 4 N–H and O–H groups in total. The van der Waals surface area contributed by atoms with Gasteiger partial charge in [-0.2, -0.15) is 0 Å². The van der Waals surface area contributed by atoms with Gasteiger partial charge in [0.25, 0.3) is 0 Å². The van der Waals surface area contributed by atoms with Crippen molar-refractivity contribution in [3.8, 4) is 5.75 Å². The van der Waals surface area contributed by atoms with E-state index in [1.54, 1.807) is 31.2 Å². The summed E-state index contributed by atoms with van der Waals surface area (Å²) < 4.78 is 27.8. The number of rotatable bonds is 8. The Balaban J connectivity index is 0.00000172. The van der Waals surface area contributed by atoms with Crippen LogP contribution in [0.3, 0.4) is 0 Å². The fraction of sp³-hybridized carbons (Fsp3) is 0.360. The number of phenolic OH excluding ortho intramolecular Hbond substituents is 1. The summed E-state index contributed by atoms with van der Waals surface area (Å²) in [6.07, 6.45) is 2.95. The second-order valence-corrected chi connectivity index (χ2v) is 7.95. The van der Waals surface area contributed by atoms with E-state index in [9.17, 15) is 18.7 Å². The van der Waals surface area contributed by atoms with Crippen LogP contribution in [0, 0.1) is 5.82 Å². The van der Waals surface area contributed by atoms with Gasteiger partial charge >= 0.3 is 6.03 Å². The molecule has 180 valence electrons. The van der Waals surface area contributed by atoms with E-state index in [2.05, 4.69) is 41.4 Å². The fourth-order valence-corrected chi connectivity index (χ4v) is 2.64. The third-order valence-corrected chi connectivity index (χ3v) is 4.07. The Hall–Kier alpha value is -3.42. The number of hydrogen-bond donors (Lipinski definition) is 4. The Bertz CT molecular complexity index is 952. The molecule has 0 aliphatic rings. The van der Waals surface area contributed by atoms with Crippen molar-refractivity contribution in [3.05, 3.63) is 54.4 Å². The van der Waals surface area contributed by atoms with E-state index in [4.69, 9.17) is 0 Å². The molecule has 0 heterocycles. The lowest BCUT2D eigenvalue weighted by Gasteiger charge is -2.15. The van der Waals surface area contributed by atoms with Gasteiger partial charge in [0.15, 0.2) is 0 Å². The van der Waals surface area contributed by atoms with Crippen LogP contribution in [-0.2, 0) is 0 Å². The van der Waals surface area contributed by atoms with Gasteiger partial charge in [-0.3, -0.25) is 4.99 Å². The molecule has 6 nitrogen and oxygen atoms in total. The van der Waals surface area contributed by atoms with Crippen LogP contribution >= 0.6 is 0 Å². The molecule has 2 rings (SSSR count). The number of benzene rings is 2. The van der Waals surface area contributed by atoms with Crippen LogP contribution < -0.4 is 16.0 Å². The van der Waals surface area contributed by atoms with Gasteiger partial charge in [-0.05, 0) is 51.5 Å². The maximum absolute atomic E-state index is 14.4. The molecule has 0 saturated carbocycles. The number of carbonyl (C=O) groups excluding carboxylic acids is 1. The average molecular weight is 461 g/mol. The highest BCUT2D eigenvalue weighted by Crippen LogP contribution is 2.33. The van der Waals surface area contributed by atoms with Gasteiger partial charge in [-0.25, -0.2) is 13.6 Å². The largest absolute Gasteiger partial charge is 0.508 e. The maximum atomic E-state index is 14.4. The number of aromatic hydroxyl groups is 1. The van der Waals surface area contributed by atoms with Crippen molar-refractivity contribution in [2.24, 2.45) is 4.99 Å². The van der Waals surface area contributed by atoms with E-state index in [0.717, 1.165) is 6.07 Å². The van der Waals surface area contributed by atoms with E-state index in [1.165, 1.54) is 32.5 Å². The zero-order chi connectivity index (χ0) is 25.0. The number of aliphatic imine (C=N–C) groups is 1. The van der Waals surface area contributed by atoms with E-state index in [0.29, 0.717) is 11.4 Å². The van der Waals surface area contributed by atoms with Crippen molar-refractivity contribution >= 4 is 35.0 Å². The average Bonchev–Trinajstić information content (AvgIpc) is 2.69.